The van der Waals surface area contributed by atoms with Crippen LogP contribution in [-0.2, 0) is 6.54 Å². The van der Waals surface area contributed by atoms with Gasteiger partial charge in [0, 0.05) is 25.4 Å². The molecule has 5 nitrogen and oxygen atoms in total. The van der Waals surface area contributed by atoms with Crippen molar-refractivity contribution < 1.29 is 4.74 Å². The number of hydrogen-bond donors (Lipinski definition) is 2. The first-order chi connectivity index (χ1) is 10.3. The summed E-state index contributed by atoms with van der Waals surface area (Å²) in [7, 11) is 0. The average molecular weight is 288 g/mol. The summed E-state index contributed by atoms with van der Waals surface area (Å²) in [6, 6.07) is 3.92. The van der Waals surface area contributed by atoms with Crippen molar-refractivity contribution in [2.24, 2.45) is 10.9 Å². The highest BCUT2D eigenvalue weighted by Gasteiger charge is 2.21. The molecule has 0 aliphatic heterocycles. The molecule has 2 rings (SSSR count). The molecule has 1 aromatic rings. The molecule has 1 aliphatic rings. The normalized spacial score (nSPS) is 14.6. The predicted molar refractivity (Wildman–Crippen MR) is 85.5 cm³/mol. The highest BCUT2D eigenvalue weighted by Crippen LogP contribution is 2.29. The Balaban J connectivity index is 1.83. The molecule has 0 bridgehead atoms. The number of nitrogens with zero attached hydrogens (tertiary/aromatic N) is 2. The smallest absolute Gasteiger partial charge is 0.213 e. The first-order valence-corrected chi connectivity index (χ1v) is 7.52. The molecule has 0 unspecified atom stereocenters. The molecule has 1 aromatic heterocycles. The summed E-state index contributed by atoms with van der Waals surface area (Å²) in [5, 5.41) is 6.35. The molecule has 5 heteroatoms. The van der Waals surface area contributed by atoms with Gasteiger partial charge in [0.05, 0.1) is 13.2 Å². The highest BCUT2D eigenvalue weighted by atomic mass is 16.5. The van der Waals surface area contributed by atoms with E-state index in [2.05, 4.69) is 27.2 Å². The Morgan fingerprint density at radius 3 is 2.95 bits per heavy atom. The van der Waals surface area contributed by atoms with Crippen LogP contribution in [0.2, 0.25) is 0 Å². The van der Waals surface area contributed by atoms with Crippen LogP contribution < -0.4 is 15.4 Å². The van der Waals surface area contributed by atoms with E-state index in [4.69, 9.17) is 4.74 Å². The number of ether oxygens (including phenoxy) is 1. The van der Waals surface area contributed by atoms with Gasteiger partial charge in [0.25, 0.3) is 0 Å². The molecule has 114 valence electrons. The largest absolute Gasteiger partial charge is 0.477 e. The minimum absolute atomic E-state index is 0.586. The zero-order valence-electron chi connectivity index (χ0n) is 12.6. The van der Waals surface area contributed by atoms with E-state index in [0.29, 0.717) is 19.0 Å². The van der Waals surface area contributed by atoms with Crippen molar-refractivity contribution >= 4 is 5.96 Å². The van der Waals surface area contributed by atoms with E-state index in [-0.39, 0.29) is 0 Å². The molecule has 1 fully saturated rings. The number of rotatable bonds is 8. The van der Waals surface area contributed by atoms with Crippen LogP contribution >= 0.6 is 0 Å². The minimum atomic E-state index is 0.586. The quantitative estimate of drug-likeness (QED) is 0.437. The summed E-state index contributed by atoms with van der Waals surface area (Å²) < 4.78 is 5.62. The first kappa shape index (κ1) is 15.4. The van der Waals surface area contributed by atoms with Gasteiger partial charge in [-0.1, -0.05) is 12.1 Å². The van der Waals surface area contributed by atoms with E-state index in [1.165, 1.54) is 12.8 Å². The molecule has 0 radical (unpaired) electrons. The number of nitrogens with one attached hydrogen (secondary N) is 2. The second-order valence-corrected chi connectivity index (χ2v) is 5.12. The van der Waals surface area contributed by atoms with Crippen molar-refractivity contribution in [1.82, 2.24) is 15.6 Å². The van der Waals surface area contributed by atoms with Crippen LogP contribution in [-0.4, -0.2) is 30.6 Å². The third-order valence-corrected chi connectivity index (χ3v) is 3.14. The van der Waals surface area contributed by atoms with Gasteiger partial charge >= 0.3 is 0 Å². The Morgan fingerprint density at radius 2 is 2.33 bits per heavy atom. The zero-order chi connectivity index (χ0) is 14.9. The van der Waals surface area contributed by atoms with Gasteiger partial charge < -0.3 is 15.4 Å². The summed E-state index contributed by atoms with van der Waals surface area (Å²) in [6.45, 7) is 8.63. The van der Waals surface area contributed by atoms with Gasteiger partial charge in [-0.25, -0.2) is 9.98 Å². The molecule has 0 atom stereocenters. The maximum absolute atomic E-state index is 5.62. The SMILES string of the molecule is C=CCNC(=NCc1ccc(OCC2CC2)nc1)NCC. The molecule has 2 N–H and O–H groups in total. The van der Waals surface area contributed by atoms with Crippen LogP contribution in [0.1, 0.15) is 25.3 Å². The third-order valence-electron chi connectivity index (χ3n) is 3.14. The third kappa shape index (κ3) is 5.85. The molecule has 0 spiro atoms. The van der Waals surface area contributed by atoms with Gasteiger partial charge in [-0.15, -0.1) is 6.58 Å². The lowest BCUT2D eigenvalue weighted by Crippen LogP contribution is -2.37. The van der Waals surface area contributed by atoms with Gasteiger partial charge in [0.2, 0.25) is 5.88 Å². The topological polar surface area (TPSA) is 58.5 Å². The molecule has 21 heavy (non-hydrogen) atoms. The fourth-order valence-corrected chi connectivity index (χ4v) is 1.76. The van der Waals surface area contributed by atoms with Gasteiger partial charge in [-0.3, -0.25) is 0 Å². The van der Waals surface area contributed by atoms with Crippen molar-refractivity contribution in [2.45, 2.75) is 26.3 Å². The minimum Gasteiger partial charge on any atom is -0.477 e. The van der Waals surface area contributed by atoms with Gasteiger partial charge in [-0.2, -0.15) is 0 Å². The molecule has 1 heterocycles. The number of aromatic nitrogens is 1. The maximum Gasteiger partial charge on any atom is 0.213 e. The van der Waals surface area contributed by atoms with Crippen molar-refractivity contribution in [3.05, 3.63) is 36.5 Å². The first-order valence-electron chi connectivity index (χ1n) is 7.52. The Kier molecular flexibility index (Phi) is 6.06. The number of pyridine rings is 1. The van der Waals surface area contributed by atoms with E-state index in [0.717, 1.165) is 30.6 Å². The standard InChI is InChI=1S/C16H24N4O/c1-3-9-18-16(17-4-2)20-11-14-7-8-15(19-10-14)21-12-13-5-6-13/h3,7-8,10,13H,1,4-6,9,11-12H2,2H3,(H2,17,18,20). The maximum atomic E-state index is 5.62. The second kappa shape index (κ2) is 8.29. The summed E-state index contributed by atoms with van der Waals surface area (Å²) in [4.78, 5) is 8.82. The summed E-state index contributed by atoms with van der Waals surface area (Å²) in [5.41, 5.74) is 1.06. The van der Waals surface area contributed by atoms with Crippen molar-refractivity contribution in [1.29, 1.82) is 0 Å². The van der Waals surface area contributed by atoms with Crippen LogP contribution in [0, 0.1) is 5.92 Å². The van der Waals surface area contributed by atoms with E-state index in [9.17, 15) is 0 Å². The Labute approximate surface area is 126 Å². The Bertz CT molecular complexity index is 466. The molecular formula is C16H24N4O. The fourth-order valence-electron chi connectivity index (χ4n) is 1.76. The van der Waals surface area contributed by atoms with E-state index in [1.807, 2.05) is 25.3 Å². The van der Waals surface area contributed by atoms with E-state index >= 15 is 0 Å². The zero-order valence-corrected chi connectivity index (χ0v) is 12.6. The van der Waals surface area contributed by atoms with Gasteiger partial charge in [-0.05, 0) is 31.2 Å². The lowest BCUT2D eigenvalue weighted by Gasteiger charge is -2.09. The van der Waals surface area contributed by atoms with Gasteiger partial charge in [0.15, 0.2) is 5.96 Å². The van der Waals surface area contributed by atoms with Gasteiger partial charge in [0.1, 0.15) is 0 Å². The Hall–Kier alpha value is -2.04. The van der Waals surface area contributed by atoms with Crippen LogP contribution in [0.5, 0.6) is 5.88 Å². The lowest BCUT2D eigenvalue weighted by molar-refractivity contribution is 0.288. The molecule has 1 aliphatic carbocycles. The molecule has 0 amide bonds. The van der Waals surface area contributed by atoms with Crippen molar-refractivity contribution in [2.75, 3.05) is 19.7 Å². The van der Waals surface area contributed by atoms with Crippen LogP contribution in [0.4, 0.5) is 0 Å². The van der Waals surface area contributed by atoms with E-state index in [1.54, 1.807) is 6.08 Å². The van der Waals surface area contributed by atoms with Crippen LogP contribution in [0.15, 0.2) is 36.0 Å². The number of aliphatic imine (C=N–C) groups is 1. The molecule has 1 saturated carbocycles. The molecular weight excluding hydrogens is 264 g/mol. The average Bonchev–Trinajstić information content (AvgIpc) is 3.33. The predicted octanol–water partition coefficient (Wildman–Crippen LogP) is 2.11. The second-order valence-electron chi connectivity index (χ2n) is 5.12. The Morgan fingerprint density at radius 1 is 1.48 bits per heavy atom. The molecule has 0 aromatic carbocycles. The number of guanidine groups is 1. The number of hydrogen-bond acceptors (Lipinski definition) is 3. The monoisotopic (exact) mass is 288 g/mol. The fraction of sp³-hybridized carbons (Fsp3) is 0.500. The lowest BCUT2D eigenvalue weighted by atomic mass is 10.3. The van der Waals surface area contributed by atoms with Crippen molar-refractivity contribution in [3.8, 4) is 5.88 Å². The summed E-state index contributed by atoms with van der Waals surface area (Å²) in [5.74, 6) is 2.23. The summed E-state index contributed by atoms with van der Waals surface area (Å²) in [6.07, 6.45) is 6.21. The highest BCUT2D eigenvalue weighted by molar-refractivity contribution is 5.79. The van der Waals surface area contributed by atoms with Crippen LogP contribution in [0.3, 0.4) is 0 Å². The molecule has 0 saturated heterocycles. The van der Waals surface area contributed by atoms with Crippen LogP contribution in [0.25, 0.3) is 0 Å². The van der Waals surface area contributed by atoms with E-state index < -0.39 is 0 Å². The van der Waals surface area contributed by atoms with Crippen molar-refractivity contribution in [3.63, 3.8) is 0 Å². The summed E-state index contributed by atoms with van der Waals surface area (Å²) >= 11 is 0.